The lowest BCUT2D eigenvalue weighted by molar-refractivity contribution is -0.141. The third-order valence-corrected chi connectivity index (χ3v) is 6.15. The topological polar surface area (TPSA) is 24.9 Å². The molecule has 0 atom stereocenters. The van der Waals surface area contributed by atoms with Crippen LogP contribution in [-0.4, -0.2) is 18.1 Å². The van der Waals surface area contributed by atoms with Crippen molar-refractivity contribution in [2.24, 2.45) is 0 Å². The Morgan fingerprint density at radius 1 is 0.929 bits per heavy atom. The first-order valence-electron chi connectivity index (χ1n) is 11.2. The summed E-state index contributed by atoms with van der Waals surface area (Å²) in [6.45, 7) is 4.08. The molecule has 1 N–H and O–H groups in total. The molecular formula is C23H37F3N2. The molecular weight excluding hydrogens is 361 g/mol. The molecule has 0 aromatic carbocycles. The zero-order valence-corrected chi connectivity index (χ0v) is 17.4. The lowest BCUT2D eigenvalue weighted by Gasteiger charge is -2.38. The normalized spacial score (nSPS) is 17.0. The molecule has 0 amide bonds. The number of nitrogens with one attached hydrogen (secondary N) is 1. The Hall–Kier alpha value is -1.10. The molecule has 1 aromatic rings. The highest BCUT2D eigenvalue weighted by molar-refractivity contribution is 5.26. The van der Waals surface area contributed by atoms with E-state index < -0.39 is 11.9 Å². The lowest BCUT2D eigenvalue weighted by atomic mass is 9.69. The molecule has 0 radical (unpaired) electrons. The van der Waals surface area contributed by atoms with E-state index in [9.17, 15) is 13.2 Å². The van der Waals surface area contributed by atoms with Gasteiger partial charge in [-0.05, 0) is 37.4 Å². The Bertz CT molecular complexity index is 534. The molecule has 1 fully saturated rings. The van der Waals surface area contributed by atoms with Crippen LogP contribution in [0.15, 0.2) is 18.3 Å². The number of aromatic nitrogens is 1. The SMILES string of the molecule is CCCCCCCCCCNCC1(c2ccc(C(F)(F)F)nc2)CCCCC1. The van der Waals surface area contributed by atoms with Crippen LogP contribution in [0.25, 0.3) is 0 Å². The standard InChI is InChI=1S/C23H37F3N2/c1-2-3-4-5-6-7-8-12-17-27-19-22(15-10-9-11-16-22)20-13-14-21(28-18-20)23(24,25)26/h13-14,18,27H,2-12,15-17,19H2,1H3. The van der Waals surface area contributed by atoms with Gasteiger partial charge in [0.1, 0.15) is 5.69 Å². The molecule has 0 aliphatic heterocycles. The summed E-state index contributed by atoms with van der Waals surface area (Å²) in [6, 6.07) is 2.79. The third-order valence-electron chi connectivity index (χ3n) is 6.15. The molecule has 160 valence electrons. The summed E-state index contributed by atoms with van der Waals surface area (Å²) < 4.78 is 38.5. The molecule has 1 aliphatic carbocycles. The van der Waals surface area contributed by atoms with Crippen molar-refractivity contribution in [2.75, 3.05) is 13.1 Å². The van der Waals surface area contributed by atoms with Gasteiger partial charge >= 0.3 is 6.18 Å². The van der Waals surface area contributed by atoms with Gasteiger partial charge in [0, 0.05) is 18.2 Å². The molecule has 28 heavy (non-hydrogen) atoms. The van der Waals surface area contributed by atoms with Crippen molar-refractivity contribution in [1.82, 2.24) is 10.3 Å². The maximum atomic E-state index is 12.8. The van der Waals surface area contributed by atoms with E-state index in [0.29, 0.717) is 0 Å². The summed E-state index contributed by atoms with van der Waals surface area (Å²) in [5.74, 6) is 0. The van der Waals surface area contributed by atoms with E-state index in [1.165, 1.54) is 64.0 Å². The average Bonchev–Trinajstić information content (AvgIpc) is 2.69. The van der Waals surface area contributed by atoms with Gasteiger partial charge in [-0.15, -0.1) is 0 Å². The molecule has 0 bridgehead atoms. The summed E-state index contributed by atoms with van der Waals surface area (Å²) >= 11 is 0. The second kappa shape index (κ2) is 11.8. The third kappa shape index (κ3) is 7.38. The quantitative estimate of drug-likeness (QED) is 0.382. The number of pyridine rings is 1. The number of alkyl halides is 3. The van der Waals surface area contributed by atoms with Gasteiger partial charge in [0.2, 0.25) is 0 Å². The van der Waals surface area contributed by atoms with E-state index >= 15 is 0 Å². The van der Waals surface area contributed by atoms with Crippen LogP contribution < -0.4 is 5.32 Å². The van der Waals surface area contributed by atoms with Gasteiger partial charge in [0.15, 0.2) is 0 Å². The second-order valence-electron chi connectivity index (χ2n) is 8.42. The maximum absolute atomic E-state index is 12.8. The highest BCUT2D eigenvalue weighted by Gasteiger charge is 2.36. The summed E-state index contributed by atoms with van der Waals surface area (Å²) in [6.07, 6.45) is 13.1. The number of hydrogen-bond acceptors (Lipinski definition) is 2. The van der Waals surface area contributed by atoms with Gasteiger partial charge < -0.3 is 5.32 Å². The number of unbranched alkanes of at least 4 members (excludes halogenated alkanes) is 7. The van der Waals surface area contributed by atoms with Crippen LogP contribution in [0.3, 0.4) is 0 Å². The first-order chi connectivity index (χ1) is 13.5. The molecule has 1 heterocycles. The maximum Gasteiger partial charge on any atom is 0.433 e. The number of rotatable bonds is 12. The largest absolute Gasteiger partial charge is 0.433 e. The Morgan fingerprint density at radius 2 is 1.57 bits per heavy atom. The van der Waals surface area contributed by atoms with Crippen LogP contribution >= 0.6 is 0 Å². The summed E-state index contributed by atoms with van der Waals surface area (Å²) in [7, 11) is 0. The van der Waals surface area contributed by atoms with Gasteiger partial charge in [0.25, 0.3) is 0 Å². The highest BCUT2D eigenvalue weighted by atomic mass is 19.4. The van der Waals surface area contributed by atoms with E-state index in [1.54, 1.807) is 6.07 Å². The van der Waals surface area contributed by atoms with E-state index in [1.807, 2.05) is 0 Å². The first-order valence-corrected chi connectivity index (χ1v) is 11.2. The lowest BCUT2D eigenvalue weighted by Crippen LogP contribution is -2.40. The smallest absolute Gasteiger partial charge is 0.316 e. The van der Waals surface area contributed by atoms with Crippen LogP contribution in [0, 0.1) is 0 Å². The van der Waals surface area contributed by atoms with E-state index in [2.05, 4.69) is 17.2 Å². The van der Waals surface area contributed by atoms with Crippen molar-refractivity contribution in [3.05, 3.63) is 29.6 Å². The summed E-state index contributed by atoms with van der Waals surface area (Å²) in [4.78, 5) is 3.72. The molecule has 1 saturated carbocycles. The van der Waals surface area contributed by atoms with Crippen LogP contribution in [0.5, 0.6) is 0 Å². The predicted octanol–water partition coefficient (Wildman–Crippen LogP) is 7.03. The van der Waals surface area contributed by atoms with Crippen LogP contribution in [-0.2, 0) is 11.6 Å². The summed E-state index contributed by atoms with van der Waals surface area (Å²) in [5.41, 5.74) is 0.105. The van der Waals surface area contributed by atoms with Crippen molar-refractivity contribution >= 4 is 0 Å². The molecule has 5 heteroatoms. The average molecular weight is 399 g/mol. The van der Waals surface area contributed by atoms with Crippen molar-refractivity contribution in [2.45, 2.75) is 102 Å². The Balaban J connectivity index is 1.78. The van der Waals surface area contributed by atoms with E-state index in [4.69, 9.17) is 0 Å². The van der Waals surface area contributed by atoms with Crippen molar-refractivity contribution < 1.29 is 13.2 Å². The Morgan fingerprint density at radius 3 is 2.14 bits per heavy atom. The molecule has 0 saturated heterocycles. The molecule has 1 aromatic heterocycles. The van der Waals surface area contributed by atoms with E-state index in [-0.39, 0.29) is 5.41 Å². The van der Waals surface area contributed by atoms with Gasteiger partial charge in [-0.2, -0.15) is 13.2 Å². The molecule has 2 rings (SSSR count). The minimum absolute atomic E-state index is 0.0600. The predicted molar refractivity (Wildman–Crippen MR) is 109 cm³/mol. The van der Waals surface area contributed by atoms with Crippen molar-refractivity contribution in [1.29, 1.82) is 0 Å². The molecule has 2 nitrogen and oxygen atoms in total. The van der Waals surface area contributed by atoms with Crippen molar-refractivity contribution in [3.63, 3.8) is 0 Å². The molecule has 0 unspecified atom stereocenters. The van der Waals surface area contributed by atoms with Crippen LogP contribution in [0.4, 0.5) is 13.2 Å². The van der Waals surface area contributed by atoms with Crippen LogP contribution in [0.1, 0.15) is 102 Å². The highest BCUT2D eigenvalue weighted by Crippen LogP contribution is 2.39. The summed E-state index contributed by atoms with van der Waals surface area (Å²) in [5, 5.41) is 3.60. The van der Waals surface area contributed by atoms with Gasteiger partial charge in [-0.25, -0.2) is 0 Å². The fraction of sp³-hybridized carbons (Fsp3) is 0.783. The monoisotopic (exact) mass is 398 g/mol. The fourth-order valence-corrected chi connectivity index (χ4v) is 4.38. The fourth-order valence-electron chi connectivity index (χ4n) is 4.38. The number of nitrogens with zero attached hydrogens (tertiary/aromatic N) is 1. The zero-order valence-electron chi connectivity index (χ0n) is 17.4. The second-order valence-corrected chi connectivity index (χ2v) is 8.42. The van der Waals surface area contributed by atoms with Gasteiger partial charge in [-0.1, -0.05) is 77.2 Å². The first kappa shape index (κ1) is 23.2. The minimum Gasteiger partial charge on any atom is -0.316 e. The number of hydrogen-bond donors (Lipinski definition) is 1. The van der Waals surface area contributed by atoms with E-state index in [0.717, 1.165) is 50.4 Å². The number of halogens is 3. The van der Waals surface area contributed by atoms with Gasteiger partial charge in [-0.3, -0.25) is 4.98 Å². The molecule has 0 spiro atoms. The van der Waals surface area contributed by atoms with Crippen molar-refractivity contribution in [3.8, 4) is 0 Å². The van der Waals surface area contributed by atoms with Crippen LogP contribution in [0.2, 0.25) is 0 Å². The molecule has 1 aliphatic rings. The Labute approximate surface area is 168 Å². The Kier molecular flexibility index (Phi) is 9.76. The minimum atomic E-state index is -4.37. The van der Waals surface area contributed by atoms with Gasteiger partial charge in [0.05, 0.1) is 0 Å². The zero-order chi connectivity index (χ0) is 20.3.